The summed E-state index contributed by atoms with van der Waals surface area (Å²) >= 11 is 0. The molecule has 0 radical (unpaired) electrons. The van der Waals surface area contributed by atoms with Crippen LogP contribution in [0.4, 0.5) is 0 Å². The van der Waals surface area contributed by atoms with Crippen LogP contribution in [0.5, 0.6) is 0 Å². The van der Waals surface area contributed by atoms with Crippen LogP contribution in [0, 0.1) is 12.3 Å². The molecule has 1 aliphatic rings. The molecular weight excluding hydrogens is 288 g/mol. The molecule has 1 aromatic carbocycles. The molecule has 23 heavy (non-hydrogen) atoms. The number of ether oxygens (including phenoxy) is 1. The van der Waals surface area contributed by atoms with E-state index in [2.05, 4.69) is 10.9 Å². The fourth-order valence-corrected chi connectivity index (χ4v) is 3.12. The first-order valence-corrected chi connectivity index (χ1v) is 7.93. The third-order valence-corrected chi connectivity index (χ3v) is 4.54. The molecule has 0 N–H and O–H groups in total. The zero-order valence-corrected chi connectivity index (χ0v) is 13.2. The molecule has 3 rings (SSSR count). The molecule has 1 fully saturated rings. The van der Waals surface area contributed by atoms with Gasteiger partial charge >= 0.3 is 5.97 Å². The van der Waals surface area contributed by atoms with Crippen molar-refractivity contribution in [2.75, 3.05) is 0 Å². The highest BCUT2D eigenvalue weighted by Crippen LogP contribution is 2.33. The lowest BCUT2D eigenvalue weighted by molar-refractivity contribution is 0.00910. The van der Waals surface area contributed by atoms with Crippen molar-refractivity contribution in [1.82, 2.24) is 9.55 Å². The molecule has 1 saturated carbocycles. The average molecular weight is 308 g/mol. The number of carbonyl (C=O) groups is 1. The predicted octanol–water partition coefficient (Wildman–Crippen LogP) is 3.60. The molecule has 0 amide bonds. The maximum Gasteiger partial charge on any atom is 0.358 e. The van der Waals surface area contributed by atoms with Crippen LogP contribution >= 0.6 is 0 Å². The molecule has 0 saturated heterocycles. The second kappa shape index (κ2) is 6.29. The zero-order valence-electron chi connectivity index (χ0n) is 13.2. The van der Waals surface area contributed by atoms with E-state index in [0.717, 1.165) is 31.2 Å². The maximum absolute atomic E-state index is 12.6. The first-order valence-electron chi connectivity index (χ1n) is 7.93. The van der Waals surface area contributed by atoms with Gasteiger partial charge in [-0.1, -0.05) is 36.3 Å². The number of imidazole rings is 1. The number of nitrogens with zero attached hydrogens (tertiary/aromatic N) is 2. The van der Waals surface area contributed by atoms with Gasteiger partial charge in [0.15, 0.2) is 5.60 Å². The van der Waals surface area contributed by atoms with Crippen LogP contribution in [0.25, 0.3) is 0 Å². The number of rotatable bonds is 4. The van der Waals surface area contributed by atoms with Crippen LogP contribution in [-0.4, -0.2) is 21.1 Å². The second-order valence-corrected chi connectivity index (χ2v) is 6.01. The van der Waals surface area contributed by atoms with E-state index in [-0.39, 0.29) is 6.04 Å². The Hall–Kier alpha value is -2.54. The highest BCUT2D eigenvalue weighted by Gasteiger charge is 2.37. The highest BCUT2D eigenvalue weighted by molar-refractivity contribution is 5.88. The molecule has 1 atom stereocenters. The summed E-state index contributed by atoms with van der Waals surface area (Å²) in [5, 5.41) is 0. The van der Waals surface area contributed by atoms with Gasteiger partial charge in [0.05, 0.1) is 18.6 Å². The molecule has 1 heterocycles. The summed E-state index contributed by atoms with van der Waals surface area (Å²) < 4.78 is 7.51. The van der Waals surface area contributed by atoms with Crippen LogP contribution in [0.15, 0.2) is 42.9 Å². The van der Waals surface area contributed by atoms with Crippen LogP contribution in [0.2, 0.25) is 0 Å². The van der Waals surface area contributed by atoms with Crippen LogP contribution in [0.1, 0.15) is 54.7 Å². The Morgan fingerprint density at radius 2 is 2.04 bits per heavy atom. The maximum atomic E-state index is 12.6. The third-order valence-electron chi connectivity index (χ3n) is 4.54. The minimum absolute atomic E-state index is 0.00777. The van der Waals surface area contributed by atoms with E-state index in [1.807, 2.05) is 41.8 Å². The number of aromatic nitrogens is 2. The van der Waals surface area contributed by atoms with Crippen LogP contribution < -0.4 is 0 Å². The normalized spacial score (nSPS) is 17.4. The quantitative estimate of drug-likeness (QED) is 0.640. The number of esters is 1. The molecule has 0 bridgehead atoms. The van der Waals surface area contributed by atoms with Crippen molar-refractivity contribution in [2.45, 2.75) is 44.2 Å². The molecule has 0 spiro atoms. The average Bonchev–Trinajstić information content (AvgIpc) is 3.24. The molecule has 1 unspecified atom stereocenters. The van der Waals surface area contributed by atoms with Gasteiger partial charge in [0.2, 0.25) is 0 Å². The fraction of sp³-hybridized carbons (Fsp3) is 0.368. The third kappa shape index (κ3) is 3.00. The summed E-state index contributed by atoms with van der Waals surface area (Å²) in [5.41, 5.74) is 0.789. The Bertz CT molecular complexity index is 721. The van der Waals surface area contributed by atoms with Gasteiger partial charge in [-0.05, 0) is 38.2 Å². The topological polar surface area (TPSA) is 44.1 Å². The van der Waals surface area contributed by atoms with Crippen molar-refractivity contribution in [3.8, 4) is 12.3 Å². The van der Waals surface area contributed by atoms with Crippen molar-refractivity contribution < 1.29 is 9.53 Å². The number of terminal acetylenes is 1. The van der Waals surface area contributed by atoms with Crippen molar-refractivity contribution >= 4 is 5.97 Å². The Balaban J connectivity index is 1.83. The first-order chi connectivity index (χ1) is 11.2. The molecule has 118 valence electrons. The van der Waals surface area contributed by atoms with E-state index in [9.17, 15) is 4.79 Å². The summed E-state index contributed by atoms with van der Waals surface area (Å²) in [4.78, 5) is 16.7. The Labute approximate surface area is 136 Å². The summed E-state index contributed by atoms with van der Waals surface area (Å²) in [6.07, 6.45) is 12.3. The molecule has 2 aromatic rings. The summed E-state index contributed by atoms with van der Waals surface area (Å²) in [7, 11) is 0. The van der Waals surface area contributed by atoms with E-state index in [0.29, 0.717) is 5.69 Å². The summed E-state index contributed by atoms with van der Waals surface area (Å²) in [6.45, 7) is 2.03. The summed E-state index contributed by atoms with van der Waals surface area (Å²) in [5.74, 6) is 2.28. The van der Waals surface area contributed by atoms with Gasteiger partial charge in [0, 0.05) is 0 Å². The van der Waals surface area contributed by atoms with Gasteiger partial charge in [-0.2, -0.15) is 0 Å². The number of hydrogen-bond donors (Lipinski definition) is 0. The molecule has 1 aromatic heterocycles. The van der Waals surface area contributed by atoms with E-state index in [4.69, 9.17) is 11.2 Å². The van der Waals surface area contributed by atoms with Crippen molar-refractivity contribution in [3.63, 3.8) is 0 Å². The molecular formula is C19H20N2O2. The Morgan fingerprint density at radius 3 is 2.70 bits per heavy atom. The number of benzene rings is 1. The van der Waals surface area contributed by atoms with Crippen LogP contribution in [0.3, 0.4) is 0 Å². The standard InChI is InChI=1S/C19H20N2O2/c1-3-19(11-7-8-12-19)23-18(22)17-13-20-14-21(17)15(2)16-9-5-4-6-10-16/h1,4-6,9-10,13-15H,7-8,11-12H2,2H3. The molecule has 1 aliphatic carbocycles. The second-order valence-electron chi connectivity index (χ2n) is 6.01. The van der Waals surface area contributed by atoms with E-state index >= 15 is 0 Å². The van der Waals surface area contributed by atoms with E-state index in [1.54, 1.807) is 12.5 Å². The largest absolute Gasteiger partial charge is 0.441 e. The summed E-state index contributed by atoms with van der Waals surface area (Å²) in [6, 6.07) is 9.97. The lowest BCUT2D eigenvalue weighted by Crippen LogP contribution is -2.31. The minimum atomic E-state index is -0.748. The highest BCUT2D eigenvalue weighted by atomic mass is 16.6. The van der Waals surface area contributed by atoms with Crippen molar-refractivity contribution in [1.29, 1.82) is 0 Å². The van der Waals surface area contributed by atoms with Gasteiger partial charge in [-0.3, -0.25) is 0 Å². The van der Waals surface area contributed by atoms with Gasteiger partial charge in [0.25, 0.3) is 0 Å². The SMILES string of the molecule is C#CC1(OC(=O)c2cncn2C(C)c2ccccc2)CCCC1. The Morgan fingerprint density at radius 1 is 1.35 bits per heavy atom. The molecule has 4 nitrogen and oxygen atoms in total. The van der Waals surface area contributed by atoms with E-state index in [1.165, 1.54) is 0 Å². The number of carbonyl (C=O) groups excluding carboxylic acids is 1. The van der Waals surface area contributed by atoms with Gasteiger partial charge < -0.3 is 9.30 Å². The van der Waals surface area contributed by atoms with Gasteiger partial charge in [0.1, 0.15) is 5.69 Å². The van der Waals surface area contributed by atoms with E-state index < -0.39 is 11.6 Å². The number of hydrogen-bond acceptors (Lipinski definition) is 3. The van der Waals surface area contributed by atoms with Crippen molar-refractivity contribution in [2.24, 2.45) is 0 Å². The predicted molar refractivity (Wildman–Crippen MR) is 87.9 cm³/mol. The van der Waals surface area contributed by atoms with Gasteiger partial charge in [-0.25, -0.2) is 9.78 Å². The fourth-order valence-electron chi connectivity index (χ4n) is 3.12. The lowest BCUT2D eigenvalue weighted by atomic mass is 10.0. The lowest BCUT2D eigenvalue weighted by Gasteiger charge is -2.24. The smallest absolute Gasteiger partial charge is 0.358 e. The Kier molecular flexibility index (Phi) is 4.20. The van der Waals surface area contributed by atoms with Crippen LogP contribution in [-0.2, 0) is 4.74 Å². The minimum Gasteiger partial charge on any atom is -0.441 e. The molecule has 4 heteroatoms. The van der Waals surface area contributed by atoms with Gasteiger partial charge in [-0.15, -0.1) is 6.42 Å². The molecule has 0 aliphatic heterocycles. The first kappa shape index (κ1) is 15.4. The monoisotopic (exact) mass is 308 g/mol. The van der Waals surface area contributed by atoms with Crippen molar-refractivity contribution in [3.05, 3.63) is 54.1 Å². The zero-order chi connectivity index (χ0) is 16.3.